The summed E-state index contributed by atoms with van der Waals surface area (Å²) < 4.78 is 0. The Balaban J connectivity index is 2.49. The SMILES string of the molecule is C=C(CC)C1CCC(CN)(CCC)CC1. The summed E-state index contributed by atoms with van der Waals surface area (Å²) in [4.78, 5) is 0. The summed E-state index contributed by atoms with van der Waals surface area (Å²) in [6, 6.07) is 0. The number of allylic oxidation sites excluding steroid dienone is 1. The first kappa shape index (κ1) is 12.8. The molecule has 0 radical (unpaired) electrons. The highest BCUT2D eigenvalue weighted by molar-refractivity contribution is 5.03. The first-order valence-electron chi connectivity index (χ1n) is 6.55. The molecule has 1 fully saturated rings. The van der Waals surface area contributed by atoms with Gasteiger partial charge in [-0.15, -0.1) is 0 Å². The fourth-order valence-corrected chi connectivity index (χ4v) is 3.01. The fraction of sp³-hybridized carbons (Fsp3) is 0.857. The molecule has 2 N–H and O–H groups in total. The van der Waals surface area contributed by atoms with Crippen molar-refractivity contribution in [1.29, 1.82) is 0 Å². The molecule has 0 unspecified atom stereocenters. The molecule has 15 heavy (non-hydrogen) atoms. The van der Waals surface area contributed by atoms with Crippen LogP contribution in [0.4, 0.5) is 0 Å². The maximum Gasteiger partial charge on any atom is -0.00205 e. The van der Waals surface area contributed by atoms with Crippen molar-refractivity contribution in [3.63, 3.8) is 0 Å². The third-order valence-corrected chi connectivity index (χ3v) is 4.29. The molecule has 1 aliphatic rings. The molecule has 0 bridgehead atoms. The van der Waals surface area contributed by atoms with Crippen molar-refractivity contribution in [2.24, 2.45) is 17.1 Å². The molecule has 1 heteroatoms. The van der Waals surface area contributed by atoms with Crippen LogP contribution in [0.15, 0.2) is 12.2 Å². The van der Waals surface area contributed by atoms with Crippen molar-refractivity contribution >= 4 is 0 Å². The summed E-state index contributed by atoms with van der Waals surface area (Å²) in [5, 5.41) is 0. The van der Waals surface area contributed by atoms with Crippen LogP contribution in [-0.2, 0) is 0 Å². The van der Waals surface area contributed by atoms with Crippen LogP contribution >= 0.6 is 0 Å². The second kappa shape index (κ2) is 5.69. The Morgan fingerprint density at radius 1 is 1.33 bits per heavy atom. The second-order valence-corrected chi connectivity index (χ2v) is 5.24. The Bertz CT molecular complexity index is 199. The van der Waals surface area contributed by atoms with E-state index in [0.717, 1.165) is 18.9 Å². The third kappa shape index (κ3) is 3.07. The van der Waals surface area contributed by atoms with Gasteiger partial charge in [-0.3, -0.25) is 0 Å². The van der Waals surface area contributed by atoms with Crippen LogP contribution in [0.2, 0.25) is 0 Å². The standard InChI is InChI=1S/C14H27N/c1-4-8-14(11-15)9-6-13(7-10-14)12(3)5-2/h13H,3-11,15H2,1-2H3. The van der Waals surface area contributed by atoms with E-state index in [0.29, 0.717) is 5.41 Å². The van der Waals surface area contributed by atoms with E-state index in [2.05, 4.69) is 20.4 Å². The molecule has 0 spiro atoms. The topological polar surface area (TPSA) is 26.0 Å². The minimum atomic E-state index is 0.471. The zero-order chi connectivity index (χ0) is 11.3. The largest absolute Gasteiger partial charge is 0.330 e. The van der Waals surface area contributed by atoms with Crippen LogP contribution in [0.25, 0.3) is 0 Å². The summed E-state index contributed by atoms with van der Waals surface area (Å²) in [6.45, 7) is 9.56. The Hall–Kier alpha value is -0.300. The summed E-state index contributed by atoms with van der Waals surface area (Å²) in [6.07, 6.45) is 9.02. The molecule has 88 valence electrons. The molecule has 1 aliphatic carbocycles. The average molecular weight is 209 g/mol. The highest BCUT2D eigenvalue weighted by Crippen LogP contribution is 2.43. The predicted molar refractivity (Wildman–Crippen MR) is 67.8 cm³/mol. The normalized spacial score (nSPS) is 31.5. The van der Waals surface area contributed by atoms with Crippen molar-refractivity contribution in [2.75, 3.05) is 6.54 Å². The minimum Gasteiger partial charge on any atom is -0.330 e. The van der Waals surface area contributed by atoms with Gasteiger partial charge in [-0.25, -0.2) is 0 Å². The number of rotatable bonds is 5. The molecule has 0 aliphatic heterocycles. The molecule has 0 atom stereocenters. The summed E-state index contributed by atoms with van der Waals surface area (Å²) in [5.74, 6) is 0.784. The average Bonchev–Trinajstić information content (AvgIpc) is 2.29. The molecule has 0 heterocycles. The monoisotopic (exact) mass is 209 g/mol. The van der Waals surface area contributed by atoms with Crippen molar-refractivity contribution in [1.82, 2.24) is 0 Å². The molecule has 0 aromatic carbocycles. The summed E-state index contributed by atoms with van der Waals surface area (Å²) in [7, 11) is 0. The van der Waals surface area contributed by atoms with E-state index in [9.17, 15) is 0 Å². The van der Waals surface area contributed by atoms with Crippen molar-refractivity contribution < 1.29 is 0 Å². The molecule has 1 saturated carbocycles. The Morgan fingerprint density at radius 3 is 2.33 bits per heavy atom. The van der Waals surface area contributed by atoms with Gasteiger partial charge in [0.05, 0.1) is 0 Å². The lowest BCUT2D eigenvalue weighted by atomic mass is 9.67. The Labute approximate surface area is 95.1 Å². The summed E-state index contributed by atoms with van der Waals surface area (Å²) in [5.41, 5.74) is 7.88. The lowest BCUT2D eigenvalue weighted by molar-refractivity contribution is 0.154. The van der Waals surface area contributed by atoms with Crippen LogP contribution in [0.1, 0.15) is 58.8 Å². The molecular formula is C14H27N. The second-order valence-electron chi connectivity index (χ2n) is 5.24. The molecule has 0 aromatic rings. The van der Waals surface area contributed by atoms with Gasteiger partial charge in [0.1, 0.15) is 0 Å². The zero-order valence-corrected chi connectivity index (χ0v) is 10.5. The number of hydrogen-bond acceptors (Lipinski definition) is 1. The molecule has 0 aromatic heterocycles. The maximum absolute atomic E-state index is 5.96. The number of hydrogen-bond donors (Lipinski definition) is 1. The fourth-order valence-electron chi connectivity index (χ4n) is 3.01. The van der Waals surface area contributed by atoms with E-state index in [4.69, 9.17) is 5.73 Å². The van der Waals surface area contributed by atoms with Gasteiger partial charge in [0.15, 0.2) is 0 Å². The van der Waals surface area contributed by atoms with Crippen LogP contribution < -0.4 is 5.73 Å². The van der Waals surface area contributed by atoms with Gasteiger partial charge in [-0.2, -0.15) is 0 Å². The number of nitrogens with two attached hydrogens (primary N) is 1. The zero-order valence-electron chi connectivity index (χ0n) is 10.5. The van der Waals surface area contributed by atoms with Gasteiger partial charge in [-0.05, 0) is 56.4 Å². The van der Waals surface area contributed by atoms with Gasteiger partial charge in [0.25, 0.3) is 0 Å². The summed E-state index contributed by atoms with van der Waals surface area (Å²) >= 11 is 0. The van der Waals surface area contributed by atoms with E-state index in [1.54, 1.807) is 0 Å². The highest BCUT2D eigenvalue weighted by atomic mass is 14.6. The van der Waals surface area contributed by atoms with E-state index < -0.39 is 0 Å². The van der Waals surface area contributed by atoms with Crippen molar-refractivity contribution in [3.8, 4) is 0 Å². The smallest absolute Gasteiger partial charge is 0.00205 e. The molecule has 1 rings (SSSR count). The van der Waals surface area contributed by atoms with Gasteiger partial charge >= 0.3 is 0 Å². The van der Waals surface area contributed by atoms with Gasteiger partial charge in [0.2, 0.25) is 0 Å². The van der Waals surface area contributed by atoms with Crippen LogP contribution in [-0.4, -0.2) is 6.54 Å². The maximum atomic E-state index is 5.96. The molecular weight excluding hydrogens is 182 g/mol. The lowest BCUT2D eigenvalue weighted by Crippen LogP contribution is -2.35. The Kier molecular flexibility index (Phi) is 4.85. The first-order chi connectivity index (χ1) is 7.17. The lowest BCUT2D eigenvalue weighted by Gasteiger charge is -2.40. The molecule has 0 amide bonds. The van der Waals surface area contributed by atoms with Crippen LogP contribution in [0.5, 0.6) is 0 Å². The Morgan fingerprint density at radius 2 is 1.93 bits per heavy atom. The highest BCUT2D eigenvalue weighted by Gasteiger charge is 2.33. The van der Waals surface area contributed by atoms with Crippen molar-refractivity contribution in [2.45, 2.75) is 58.8 Å². The molecule has 1 nitrogen and oxygen atoms in total. The van der Waals surface area contributed by atoms with E-state index in [1.807, 2.05) is 0 Å². The quantitative estimate of drug-likeness (QED) is 0.683. The first-order valence-corrected chi connectivity index (χ1v) is 6.55. The van der Waals surface area contributed by atoms with Crippen molar-refractivity contribution in [3.05, 3.63) is 12.2 Å². The van der Waals surface area contributed by atoms with E-state index in [1.165, 1.54) is 44.1 Å². The predicted octanol–water partition coefficient (Wildman–Crippen LogP) is 3.89. The van der Waals surface area contributed by atoms with E-state index in [-0.39, 0.29) is 0 Å². The third-order valence-electron chi connectivity index (χ3n) is 4.29. The van der Waals surface area contributed by atoms with Gasteiger partial charge in [0, 0.05) is 0 Å². The van der Waals surface area contributed by atoms with Gasteiger partial charge < -0.3 is 5.73 Å². The van der Waals surface area contributed by atoms with E-state index >= 15 is 0 Å². The molecule has 0 saturated heterocycles. The van der Waals surface area contributed by atoms with Crippen LogP contribution in [0.3, 0.4) is 0 Å². The minimum absolute atomic E-state index is 0.471. The van der Waals surface area contributed by atoms with Crippen LogP contribution in [0, 0.1) is 11.3 Å². The van der Waals surface area contributed by atoms with Gasteiger partial charge in [-0.1, -0.05) is 32.4 Å².